The van der Waals surface area contributed by atoms with Gasteiger partial charge in [0.2, 0.25) is 0 Å². The summed E-state index contributed by atoms with van der Waals surface area (Å²) < 4.78 is 18.1. The number of hydrogen-bond acceptors (Lipinski definition) is 4. The molecule has 0 amide bonds. The lowest BCUT2D eigenvalue weighted by Gasteiger charge is -2.19. The maximum absolute atomic E-state index is 12.8. The number of benzene rings is 1. The molecule has 1 saturated heterocycles. The summed E-state index contributed by atoms with van der Waals surface area (Å²) in [5.74, 6) is 1.24. The topological polar surface area (TPSA) is 51.0 Å². The molecule has 0 unspecified atom stereocenters. The number of piperidine rings is 1. The molecule has 3 rings (SSSR count). The Balaban J connectivity index is 1.82. The average Bonchev–Trinajstić information content (AvgIpc) is 2.90. The highest BCUT2D eigenvalue weighted by Crippen LogP contribution is 2.24. The van der Waals surface area contributed by atoms with Crippen molar-refractivity contribution in [2.24, 2.45) is 0 Å². The SMILES string of the molecule is Fc1ccc(-c2nc([C@H]3CCCNC3)no2)cc1. The van der Waals surface area contributed by atoms with Crippen molar-refractivity contribution < 1.29 is 8.91 Å². The number of nitrogens with zero attached hydrogens (tertiary/aromatic N) is 2. The first kappa shape index (κ1) is 11.3. The van der Waals surface area contributed by atoms with Crippen molar-refractivity contribution in [2.75, 3.05) is 13.1 Å². The van der Waals surface area contributed by atoms with Crippen molar-refractivity contribution in [3.8, 4) is 11.5 Å². The Hall–Kier alpha value is -1.75. The smallest absolute Gasteiger partial charge is 0.257 e. The molecule has 18 heavy (non-hydrogen) atoms. The molecule has 0 radical (unpaired) electrons. The van der Waals surface area contributed by atoms with Crippen molar-refractivity contribution >= 4 is 0 Å². The van der Waals surface area contributed by atoms with Crippen LogP contribution in [-0.4, -0.2) is 23.2 Å². The molecule has 94 valence electrons. The number of halogens is 1. The molecule has 1 aliphatic heterocycles. The van der Waals surface area contributed by atoms with Crippen LogP contribution >= 0.6 is 0 Å². The van der Waals surface area contributed by atoms with E-state index in [1.54, 1.807) is 12.1 Å². The van der Waals surface area contributed by atoms with Crippen LogP contribution in [0.2, 0.25) is 0 Å². The quantitative estimate of drug-likeness (QED) is 0.885. The third kappa shape index (κ3) is 2.26. The van der Waals surface area contributed by atoms with Crippen LogP contribution in [0, 0.1) is 5.82 Å². The average molecular weight is 247 g/mol. The Morgan fingerprint density at radius 2 is 2.11 bits per heavy atom. The highest BCUT2D eigenvalue weighted by molar-refractivity contribution is 5.52. The van der Waals surface area contributed by atoms with Crippen LogP contribution in [0.4, 0.5) is 4.39 Å². The zero-order chi connectivity index (χ0) is 12.4. The molecule has 4 nitrogen and oxygen atoms in total. The Kier molecular flexibility index (Phi) is 3.06. The van der Waals surface area contributed by atoms with Gasteiger partial charge in [-0.25, -0.2) is 4.39 Å². The molecular formula is C13H14FN3O. The van der Waals surface area contributed by atoms with E-state index in [2.05, 4.69) is 15.5 Å². The van der Waals surface area contributed by atoms with E-state index in [1.165, 1.54) is 12.1 Å². The number of aromatic nitrogens is 2. The van der Waals surface area contributed by atoms with E-state index in [0.29, 0.717) is 11.8 Å². The van der Waals surface area contributed by atoms with Gasteiger partial charge in [-0.1, -0.05) is 5.16 Å². The van der Waals surface area contributed by atoms with E-state index in [0.717, 1.165) is 37.3 Å². The van der Waals surface area contributed by atoms with Crippen LogP contribution in [0.3, 0.4) is 0 Å². The van der Waals surface area contributed by atoms with E-state index in [9.17, 15) is 4.39 Å². The highest BCUT2D eigenvalue weighted by atomic mass is 19.1. The first-order valence-corrected chi connectivity index (χ1v) is 6.13. The molecule has 1 atom stereocenters. The van der Waals surface area contributed by atoms with E-state index in [4.69, 9.17) is 4.52 Å². The lowest BCUT2D eigenvalue weighted by Crippen LogP contribution is -2.28. The van der Waals surface area contributed by atoms with Gasteiger partial charge in [0.15, 0.2) is 5.82 Å². The second kappa shape index (κ2) is 4.86. The lowest BCUT2D eigenvalue weighted by atomic mass is 9.99. The van der Waals surface area contributed by atoms with Crippen molar-refractivity contribution in [3.05, 3.63) is 35.9 Å². The molecule has 1 aliphatic rings. The van der Waals surface area contributed by atoms with Gasteiger partial charge >= 0.3 is 0 Å². The van der Waals surface area contributed by atoms with Crippen molar-refractivity contribution in [1.82, 2.24) is 15.5 Å². The predicted octanol–water partition coefficient (Wildman–Crippen LogP) is 2.34. The monoisotopic (exact) mass is 247 g/mol. The highest BCUT2D eigenvalue weighted by Gasteiger charge is 2.21. The van der Waals surface area contributed by atoms with Crippen molar-refractivity contribution in [1.29, 1.82) is 0 Å². The van der Waals surface area contributed by atoms with E-state index in [-0.39, 0.29) is 5.82 Å². The predicted molar refractivity (Wildman–Crippen MR) is 64.5 cm³/mol. The third-order valence-electron chi connectivity index (χ3n) is 3.19. The first-order valence-electron chi connectivity index (χ1n) is 6.13. The van der Waals surface area contributed by atoms with Gasteiger partial charge in [0, 0.05) is 18.0 Å². The minimum absolute atomic E-state index is 0.269. The van der Waals surface area contributed by atoms with E-state index in [1.807, 2.05) is 0 Å². The molecular weight excluding hydrogens is 233 g/mol. The normalized spacial score (nSPS) is 19.9. The number of nitrogens with one attached hydrogen (secondary N) is 1. The molecule has 0 aliphatic carbocycles. The molecule has 1 N–H and O–H groups in total. The largest absolute Gasteiger partial charge is 0.334 e. The molecule has 1 fully saturated rings. The zero-order valence-electron chi connectivity index (χ0n) is 9.90. The molecule has 1 aromatic carbocycles. The molecule has 0 bridgehead atoms. The summed E-state index contributed by atoms with van der Waals surface area (Å²) in [7, 11) is 0. The number of rotatable bonds is 2. The minimum atomic E-state index is -0.269. The van der Waals surface area contributed by atoms with Crippen LogP contribution in [0.1, 0.15) is 24.6 Å². The van der Waals surface area contributed by atoms with E-state index >= 15 is 0 Å². The van der Waals surface area contributed by atoms with Crippen LogP contribution in [0.5, 0.6) is 0 Å². The fourth-order valence-corrected chi connectivity index (χ4v) is 2.18. The third-order valence-corrected chi connectivity index (χ3v) is 3.19. The maximum Gasteiger partial charge on any atom is 0.257 e. The van der Waals surface area contributed by atoms with Gasteiger partial charge in [-0.3, -0.25) is 0 Å². The summed E-state index contributed by atoms with van der Waals surface area (Å²) in [6.45, 7) is 1.95. The summed E-state index contributed by atoms with van der Waals surface area (Å²) in [6.07, 6.45) is 2.21. The second-order valence-corrected chi connectivity index (χ2v) is 4.51. The Labute approximate surface area is 104 Å². The Bertz CT molecular complexity index is 517. The van der Waals surface area contributed by atoms with Gasteiger partial charge in [-0.2, -0.15) is 4.98 Å². The summed E-state index contributed by atoms with van der Waals surface area (Å²) in [4.78, 5) is 4.39. The van der Waals surface area contributed by atoms with E-state index < -0.39 is 0 Å². The van der Waals surface area contributed by atoms with Gasteiger partial charge in [0.25, 0.3) is 5.89 Å². The molecule has 0 spiro atoms. The Morgan fingerprint density at radius 1 is 1.28 bits per heavy atom. The van der Waals surface area contributed by atoms with Crippen molar-refractivity contribution in [3.63, 3.8) is 0 Å². The fourth-order valence-electron chi connectivity index (χ4n) is 2.18. The molecule has 0 saturated carbocycles. The number of hydrogen-bond donors (Lipinski definition) is 1. The Morgan fingerprint density at radius 3 is 2.83 bits per heavy atom. The molecule has 5 heteroatoms. The van der Waals surface area contributed by atoms with Crippen LogP contribution in [0.15, 0.2) is 28.8 Å². The lowest BCUT2D eigenvalue weighted by molar-refractivity contribution is 0.393. The minimum Gasteiger partial charge on any atom is -0.334 e. The summed E-state index contributed by atoms with van der Waals surface area (Å²) in [6, 6.07) is 6.07. The summed E-state index contributed by atoms with van der Waals surface area (Å²) in [5.41, 5.74) is 0.749. The van der Waals surface area contributed by atoms with Gasteiger partial charge in [-0.15, -0.1) is 0 Å². The van der Waals surface area contributed by atoms with Crippen molar-refractivity contribution in [2.45, 2.75) is 18.8 Å². The van der Waals surface area contributed by atoms with Gasteiger partial charge in [0.1, 0.15) is 5.82 Å². The van der Waals surface area contributed by atoms with Crippen LogP contribution in [-0.2, 0) is 0 Å². The zero-order valence-corrected chi connectivity index (χ0v) is 9.90. The van der Waals surface area contributed by atoms with Crippen LogP contribution < -0.4 is 5.32 Å². The first-order chi connectivity index (χ1) is 8.83. The maximum atomic E-state index is 12.8. The molecule has 1 aromatic heterocycles. The second-order valence-electron chi connectivity index (χ2n) is 4.51. The molecule has 2 aromatic rings. The van der Waals surface area contributed by atoms with Gasteiger partial charge in [-0.05, 0) is 43.7 Å². The van der Waals surface area contributed by atoms with Gasteiger partial charge < -0.3 is 9.84 Å². The summed E-state index contributed by atoms with van der Waals surface area (Å²) >= 11 is 0. The standard InChI is InChI=1S/C13H14FN3O/c14-11-5-3-9(4-6-11)13-16-12(17-18-13)10-2-1-7-15-8-10/h3-6,10,15H,1-2,7-8H2/t10-/m0/s1. The van der Waals surface area contributed by atoms with Crippen LogP contribution in [0.25, 0.3) is 11.5 Å². The summed E-state index contributed by atoms with van der Waals surface area (Å²) in [5, 5.41) is 7.34. The fraction of sp³-hybridized carbons (Fsp3) is 0.385. The van der Waals surface area contributed by atoms with Gasteiger partial charge in [0.05, 0.1) is 0 Å². The molecule has 2 heterocycles.